The lowest BCUT2D eigenvalue weighted by atomic mass is 9.85. The Morgan fingerprint density at radius 3 is 2.71 bits per heavy atom. The summed E-state index contributed by atoms with van der Waals surface area (Å²) in [4.78, 5) is 14.5. The normalized spacial score (nSPS) is 26.5. The smallest absolute Gasteiger partial charge is 0.222 e. The fourth-order valence-corrected chi connectivity index (χ4v) is 4.20. The predicted molar refractivity (Wildman–Crippen MR) is 98.8 cm³/mol. The Morgan fingerprint density at radius 1 is 1.33 bits per heavy atom. The van der Waals surface area contributed by atoms with Crippen molar-refractivity contribution in [2.75, 3.05) is 39.0 Å². The first-order valence-electron chi connectivity index (χ1n) is 8.78. The summed E-state index contributed by atoms with van der Waals surface area (Å²) in [5, 5.41) is 3.42. The Morgan fingerprint density at radius 2 is 2.08 bits per heavy atom. The number of likely N-dealkylation sites (tertiary alicyclic amines) is 1. The highest BCUT2D eigenvalue weighted by molar-refractivity contribution is 7.88. The molecule has 2 heterocycles. The van der Waals surface area contributed by atoms with Crippen LogP contribution in [0.5, 0.6) is 0 Å². The van der Waals surface area contributed by atoms with Gasteiger partial charge in [-0.2, -0.15) is 0 Å². The van der Waals surface area contributed by atoms with E-state index in [0.717, 1.165) is 32.5 Å². The minimum Gasteiger partial charge on any atom is -0.342 e. The van der Waals surface area contributed by atoms with Gasteiger partial charge >= 0.3 is 0 Å². The highest BCUT2D eigenvalue weighted by atomic mass is 35.5. The minimum absolute atomic E-state index is 0. The molecule has 0 bridgehead atoms. The summed E-state index contributed by atoms with van der Waals surface area (Å²) in [6.07, 6.45) is 6.14. The van der Waals surface area contributed by atoms with Crippen molar-refractivity contribution < 1.29 is 13.2 Å². The first-order chi connectivity index (χ1) is 10.8. The first kappa shape index (κ1) is 21.7. The molecule has 2 saturated heterocycles. The van der Waals surface area contributed by atoms with Gasteiger partial charge in [0.2, 0.25) is 15.9 Å². The molecule has 0 saturated carbocycles. The summed E-state index contributed by atoms with van der Waals surface area (Å²) in [5.74, 6) is 1.46. The number of amides is 1. The number of nitrogens with zero attached hydrogens (tertiary/aromatic N) is 1. The van der Waals surface area contributed by atoms with Crippen LogP contribution in [0.3, 0.4) is 0 Å². The van der Waals surface area contributed by atoms with Crippen molar-refractivity contribution in [3.8, 4) is 0 Å². The third-order valence-electron chi connectivity index (χ3n) is 5.14. The number of piperidine rings is 2. The van der Waals surface area contributed by atoms with Crippen LogP contribution in [0.25, 0.3) is 0 Å². The second kappa shape index (κ2) is 9.94. The van der Waals surface area contributed by atoms with E-state index >= 15 is 0 Å². The maximum atomic E-state index is 12.6. The van der Waals surface area contributed by atoms with Gasteiger partial charge in [0, 0.05) is 26.1 Å². The maximum Gasteiger partial charge on any atom is 0.222 e. The van der Waals surface area contributed by atoms with Gasteiger partial charge in [-0.15, -0.1) is 12.4 Å². The second-order valence-corrected chi connectivity index (χ2v) is 9.09. The van der Waals surface area contributed by atoms with Gasteiger partial charge in [-0.25, -0.2) is 13.1 Å². The van der Waals surface area contributed by atoms with E-state index in [1.165, 1.54) is 19.1 Å². The van der Waals surface area contributed by atoms with Gasteiger partial charge in [0.05, 0.1) is 6.26 Å². The molecule has 1 amide bonds. The summed E-state index contributed by atoms with van der Waals surface area (Å²) in [5.41, 5.74) is 0. The molecule has 24 heavy (non-hydrogen) atoms. The monoisotopic (exact) mass is 381 g/mol. The van der Waals surface area contributed by atoms with Crippen molar-refractivity contribution in [3.05, 3.63) is 0 Å². The molecule has 2 aliphatic rings. The van der Waals surface area contributed by atoms with Gasteiger partial charge in [0.1, 0.15) is 0 Å². The average molecular weight is 382 g/mol. The fourth-order valence-electron chi connectivity index (χ4n) is 3.66. The van der Waals surface area contributed by atoms with Crippen LogP contribution in [-0.4, -0.2) is 58.2 Å². The highest BCUT2D eigenvalue weighted by Crippen LogP contribution is 2.24. The number of sulfonamides is 1. The SMILES string of the molecule is CC(CC(=O)N1CCCC(CNS(C)(=O)=O)C1)C1CCCNC1.Cl. The Balaban J connectivity index is 0.00000288. The molecule has 8 heteroatoms. The Hall–Kier alpha value is -0.370. The van der Waals surface area contributed by atoms with Crippen molar-refractivity contribution in [3.63, 3.8) is 0 Å². The largest absolute Gasteiger partial charge is 0.342 e. The summed E-state index contributed by atoms with van der Waals surface area (Å²) in [7, 11) is -3.16. The van der Waals surface area contributed by atoms with Gasteiger partial charge in [-0.3, -0.25) is 4.79 Å². The van der Waals surface area contributed by atoms with Crippen LogP contribution in [0.1, 0.15) is 39.0 Å². The second-order valence-electron chi connectivity index (χ2n) is 7.26. The van der Waals surface area contributed by atoms with Crippen molar-refractivity contribution in [2.24, 2.45) is 17.8 Å². The molecule has 0 radical (unpaired) electrons. The molecule has 3 unspecified atom stereocenters. The number of nitrogens with one attached hydrogen (secondary N) is 2. The quantitative estimate of drug-likeness (QED) is 0.725. The van der Waals surface area contributed by atoms with E-state index in [2.05, 4.69) is 17.0 Å². The number of rotatable bonds is 6. The Labute approximate surface area is 152 Å². The zero-order valence-electron chi connectivity index (χ0n) is 14.8. The molecule has 0 aromatic carbocycles. The molecule has 2 fully saturated rings. The number of halogens is 1. The van der Waals surface area contributed by atoms with Crippen LogP contribution in [0, 0.1) is 17.8 Å². The van der Waals surface area contributed by atoms with Crippen LogP contribution in [0.2, 0.25) is 0 Å². The van der Waals surface area contributed by atoms with Crippen LogP contribution in [-0.2, 0) is 14.8 Å². The number of carbonyl (C=O) groups is 1. The third kappa shape index (κ3) is 7.25. The molecule has 142 valence electrons. The van der Waals surface area contributed by atoms with Gasteiger partial charge in [0.15, 0.2) is 0 Å². The molecule has 2 N–H and O–H groups in total. The zero-order chi connectivity index (χ0) is 16.9. The van der Waals surface area contributed by atoms with E-state index in [9.17, 15) is 13.2 Å². The lowest BCUT2D eigenvalue weighted by molar-refractivity contribution is -0.134. The molecule has 0 spiro atoms. The van der Waals surface area contributed by atoms with E-state index in [4.69, 9.17) is 0 Å². The lowest BCUT2D eigenvalue weighted by Crippen LogP contribution is -2.44. The third-order valence-corrected chi connectivity index (χ3v) is 5.83. The van der Waals surface area contributed by atoms with Crippen molar-refractivity contribution >= 4 is 28.3 Å². The highest BCUT2D eigenvalue weighted by Gasteiger charge is 2.27. The molecule has 0 aliphatic carbocycles. The summed E-state index contributed by atoms with van der Waals surface area (Å²) in [6.45, 7) is 6.22. The molecular weight excluding hydrogens is 350 g/mol. The zero-order valence-corrected chi connectivity index (χ0v) is 16.4. The van der Waals surface area contributed by atoms with Gasteiger partial charge in [0.25, 0.3) is 0 Å². The van der Waals surface area contributed by atoms with E-state index < -0.39 is 10.0 Å². The van der Waals surface area contributed by atoms with Crippen molar-refractivity contribution in [1.29, 1.82) is 0 Å². The Kier molecular flexibility index (Phi) is 8.98. The molecule has 0 aromatic heterocycles. The molecule has 0 aromatic rings. The Bertz CT molecular complexity index is 495. The minimum atomic E-state index is -3.16. The molecule has 2 rings (SSSR count). The number of carbonyl (C=O) groups excluding carboxylic acids is 1. The van der Waals surface area contributed by atoms with E-state index in [1.807, 2.05) is 4.90 Å². The molecule has 2 aliphatic heterocycles. The summed E-state index contributed by atoms with van der Waals surface area (Å²) < 4.78 is 25.0. The van der Waals surface area contributed by atoms with E-state index in [0.29, 0.717) is 31.3 Å². The molecule has 6 nitrogen and oxygen atoms in total. The molecule has 3 atom stereocenters. The average Bonchev–Trinajstić information content (AvgIpc) is 2.53. The maximum absolute atomic E-state index is 12.6. The van der Waals surface area contributed by atoms with Crippen LogP contribution in [0.15, 0.2) is 0 Å². The summed E-state index contributed by atoms with van der Waals surface area (Å²) in [6, 6.07) is 0. The van der Waals surface area contributed by atoms with Crippen molar-refractivity contribution in [1.82, 2.24) is 14.9 Å². The van der Waals surface area contributed by atoms with Crippen LogP contribution in [0.4, 0.5) is 0 Å². The summed E-state index contributed by atoms with van der Waals surface area (Å²) >= 11 is 0. The van der Waals surface area contributed by atoms with Crippen molar-refractivity contribution in [2.45, 2.75) is 39.0 Å². The van der Waals surface area contributed by atoms with Crippen LogP contribution >= 0.6 is 12.4 Å². The standard InChI is InChI=1S/C16H31N3O3S.ClH/c1-13(15-6-3-7-17-11-15)9-16(20)19-8-4-5-14(12-19)10-18-23(2,21)22;/h13-15,17-18H,3-12H2,1-2H3;1H. The van der Waals surface area contributed by atoms with Gasteiger partial charge in [-0.1, -0.05) is 6.92 Å². The van der Waals surface area contributed by atoms with Gasteiger partial charge in [-0.05, 0) is 56.5 Å². The molecular formula is C16H32ClN3O3S. The van der Waals surface area contributed by atoms with Gasteiger partial charge < -0.3 is 10.2 Å². The topological polar surface area (TPSA) is 78.5 Å². The number of hydrogen-bond acceptors (Lipinski definition) is 4. The number of hydrogen-bond donors (Lipinski definition) is 2. The fraction of sp³-hybridized carbons (Fsp3) is 0.938. The lowest BCUT2D eigenvalue weighted by Gasteiger charge is -2.35. The van der Waals surface area contributed by atoms with E-state index in [1.54, 1.807) is 0 Å². The first-order valence-corrected chi connectivity index (χ1v) is 10.7. The van der Waals surface area contributed by atoms with Crippen LogP contribution < -0.4 is 10.0 Å². The predicted octanol–water partition coefficient (Wildman–Crippen LogP) is 1.22. The van der Waals surface area contributed by atoms with E-state index in [-0.39, 0.29) is 24.2 Å².